The largest absolute Gasteiger partial charge is 0.206 e. The number of hydrogen-bond donors (Lipinski definition) is 0. The average molecular weight is 322 g/mol. The van der Waals surface area contributed by atoms with Gasteiger partial charge in [0.25, 0.3) is 0 Å². The molecule has 126 valence electrons. The third-order valence-corrected chi connectivity index (χ3v) is 5.35. The third-order valence-electron chi connectivity index (χ3n) is 5.35. The van der Waals surface area contributed by atoms with Gasteiger partial charge in [0, 0.05) is 1.43 Å². The Bertz CT molecular complexity index is 719. The minimum absolute atomic E-state index is 0. The Morgan fingerprint density at radius 2 is 1.70 bits per heavy atom. The maximum Gasteiger partial charge on any atom is 0.169 e. The number of aryl methyl sites for hydroxylation is 2. The highest BCUT2D eigenvalue weighted by atomic mass is 19.2. The number of hydrogen-bond acceptors (Lipinski definition) is 0. The summed E-state index contributed by atoms with van der Waals surface area (Å²) < 4.78 is 42.7. The molecular weight excluding hydrogens is 297 g/mol. The van der Waals surface area contributed by atoms with Gasteiger partial charge in [-0.2, -0.15) is 0 Å². The first-order valence-electron chi connectivity index (χ1n) is 8.53. The first-order chi connectivity index (χ1) is 11.0. The fourth-order valence-electron chi connectivity index (χ4n) is 3.70. The van der Waals surface area contributed by atoms with E-state index in [9.17, 15) is 13.2 Å². The van der Waals surface area contributed by atoms with Crippen LogP contribution in [0.1, 0.15) is 51.6 Å². The van der Waals surface area contributed by atoms with E-state index in [1.54, 1.807) is 25.1 Å². The van der Waals surface area contributed by atoms with Crippen LogP contribution in [0.2, 0.25) is 0 Å². The third kappa shape index (κ3) is 3.24. The van der Waals surface area contributed by atoms with Crippen LogP contribution >= 0.6 is 0 Å². The number of fused-ring (bicyclic) bond motifs is 1. The predicted molar refractivity (Wildman–Crippen MR) is 90.1 cm³/mol. The van der Waals surface area contributed by atoms with E-state index in [0.717, 1.165) is 12.3 Å². The molecule has 0 aliphatic heterocycles. The van der Waals surface area contributed by atoms with Gasteiger partial charge in [0.1, 0.15) is 5.82 Å². The zero-order chi connectivity index (χ0) is 16.6. The highest BCUT2D eigenvalue weighted by molar-refractivity contribution is 5.85. The van der Waals surface area contributed by atoms with Gasteiger partial charge in [-0.1, -0.05) is 44.7 Å². The van der Waals surface area contributed by atoms with E-state index in [1.165, 1.54) is 25.7 Å². The molecule has 1 aliphatic rings. The van der Waals surface area contributed by atoms with Gasteiger partial charge < -0.3 is 0 Å². The number of benzene rings is 2. The van der Waals surface area contributed by atoms with Crippen molar-refractivity contribution in [2.24, 2.45) is 11.8 Å². The maximum absolute atomic E-state index is 14.3. The minimum atomic E-state index is -1.05. The Labute approximate surface area is 137 Å². The molecule has 0 atom stereocenters. The van der Waals surface area contributed by atoms with E-state index in [0.29, 0.717) is 28.9 Å². The Morgan fingerprint density at radius 1 is 1.00 bits per heavy atom. The monoisotopic (exact) mass is 322 g/mol. The Balaban J connectivity index is 0.00000208. The second-order valence-electron chi connectivity index (χ2n) is 7.12. The lowest BCUT2D eigenvalue weighted by atomic mass is 9.80. The van der Waals surface area contributed by atoms with Crippen LogP contribution in [0.5, 0.6) is 0 Å². The van der Waals surface area contributed by atoms with Crippen LogP contribution < -0.4 is 0 Å². The van der Waals surface area contributed by atoms with E-state index in [-0.39, 0.29) is 6.81 Å². The van der Waals surface area contributed by atoms with Crippen LogP contribution in [0.15, 0.2) is 18.2 Å². The summed E-state index contributed by atoms with van der Waals surface area (Å²) in [6, 6.07) is 4.89. The first kappa shape index (κ1) is 16.4. The van der Waals surface area contributed by atoms with E-state index in [4.69, 9.17) is 0 Å². The van der Waals surface area contributed by atoms with Crippen LogP contribution in [0, 0.1) is 36.2 Å². The molecule has 0 nitrogen and oxygen atoms in total. The molecule has 23 heavy (non-hydrogen) atoms. The summed E-state index contributed by atoms with van der Waals surface area (Å²) >= 11 is 0. The lowest BCUT2D eigenvalue weighted by Gasteiger charge is -2.26. The summed E-state index contributed by atoms with van der Waals surface area (Å²) in [6.07, 6.45) is 6.20. The zero-order valence-corrected chi connectivity index (χ0v) is 13.8. The Kier molecular flexibility index (Phi) is 4.65. The molecule has 1 fully saturated rings. The molecule has 0 unspecified atom stereocenters. The van der Waals surface area contributed by atoms with Crippen molar-refractivity contribution in [2.75, 3.05) is 0 Å². The van der Waals surface area contributed by atoms with E-state index in [1.807, 2.05) is 0 Å². The molecule has 0 saturated heterocycles. The SMILES string of the molecule is Cc1ccc2cc(CCC3CCC(C)CC3)c(F)c(F)c2c1F.[HH]. The Morgan fingerprint density at radius 3 is 2.39 bits per heavy atom. The van der Waals surface area contributed by atoms with E-state index < -0.39 is 17.5 Å². The number of halogens is 3. The van der Waals surface area contributed by atoms with Crippen molar-refractivity contribution in [3.8, 4) is 0 Å². The molecule has 0 heterocycles. The van der Waals surface area contributed by atoms with Crippen LogP contribution in [0.4, 0.5) is 13.2 Å². The number of rotatable bonds is 3. The van der Waals surface area contributed by atoms with Crippen LogP contribution in [-0.4, -0.2) is 0 Å². The maximum atomic E-state index is 14.3. The van der Waals surface area contributed by atoms with Gasteiger partial charge in [-0.05, 0) is 54.2 Å². The molecule has 3 rings (SSSR count). The van der Waals surface area contributed by atoms with Crippen molar-refractivity contribution in [1.29, 1.82) is 0 Å². The normalized spacial score (nSPS) is 21.8. The summed E-state index contributed by atoms with van der Waals surface area (Å²) in [6.45, 7) is 3.83. The van der Waals surface area contributed by atoms with Crippen molar-refractivity contribution < 1.29 is 14.6 Å². The lowest BCUT2D eigenvalue weighted by molar-refractivity contribution is 0.277. The second kappa shape index (κ2) is 6.54. The van der Waals surface area contributed by atoms with Gasteiger partial charge in [0.15, 0.2) is 11.6 Å². The second-order valence-corrected chi connectivity index (χ2v) is 7.12. The molecule has 0 aromatic heterocycles. The summed E-state index contributed by atoms with van der Waals surface area (Å²) in [7, 11) is 0. The van der Waals surface area contributed by atoms with E-state index in [2.05, 4.69) is 6.92 Å². The molecule has 3 heteroatoms. The summed E-state index contributed by atoms with van der Waals surface area (Å²) in [4.78, 5) is 0. The van der Waals surface area contributed by atoms with Crippen molar-refractivity contribution in [2.45, 2.75) is 52.4 Å². The average Bonchev–Trinajstić information content (AvgIpc) is 2.54. The molecule has 0 spiro atoms. The van der Waals surface area contributed by atoms with Crippen LogP contribution in [-0.2, 0) is 6.42 Å². The topological polar surface area (TPSA) is 0 Å². The summed E-state index contributed by atoms with van der Waals surface area (Å²) in [5.41, 5.74) is 0.705. The van der Waals surface area contributed by atoms with Gasteiger partial charge in [-0.3, -0.25) is 0 Å². The highest BCUT2D eigenvalue weighted by Crippen LogP contribution is 2.33. The van der Waals surface area contributed by atoms with Crippen LogP contribution in [0.25, 0.3) is 10.8 Å². The lowest BCUT2D eigenvalue weighted by Crippen LogP contribution is -2.13. The fourth-order valence-corrected chi connectivity index (χ4v) is 3.70. The van der Waals surface area contributed by atoms with Gasteiger partial charge in [-0.25, -0.2) is 13.2 Å². The molecule has 0 radical (unpaired) electrons. The summed E-state index contributed by atoms with van der Waals surface area (Å²) in [5, 5.41) is 0.219. The minimum Gasteiger partial charge on any atom is -0.206 e. The molecule has 0 bridgehead atoms. The first-order valence-corrected chi connectivity index (χ1v) is 8.53. The van der Waals surface area contributed by atoms with Crippen molar-refractivity contribution in [3.63, 3.8) is 0 Å². The molecule has 2 aromatic rings. The van der Waals surface area contributed by atoms with Gasteiger partial charge >= 0.3 is 0 Å². The standard InChI is InChI=1S/C20H23F3.H2/c1-12-3-6-14(7-4-12)8-10-16-11-15-9-5-13(2)18(21)17(15)20(23)19(16)22;/h5,9,11-12,14H,3-4,6-8,10H2,1-2H3;1H. The Hall–Kier alpha value is -1.51. The molecule has 0 amide bonds. The smallest absolute Gasteiger partial charge is 0.169 e. The van der Waals surface area contributed by atoms with Gasteiger partial charge in [-0.15, -0.1) is 0 Å². The van der Waals surface area contributed by atoms with Gasteiger partial charge in [0.2, 0.25) is 0 Å². The van der Waals surface area contributed by atoms with Crippen LogP contribution in [0.3, 0.4) is 0 Å². The molecular formula is C20H25F3. The van der Waals surface area contributed by atoms with Gasteiger partial charge in [0.05, 0.1) is 5.39 Å². The zero-order valence-electron chi connectivity index (χ0n) is 13.8. The summed E-state index contributed by atoms with van der Waals surface area (Å²) in [5.74, 6) is -1.21. The molecule has 1 saturated carbocycles. The van der Waals surface area contributed by atoms with Crippen molar-refractivity contribution >= 4 is 10.8 Å². The van der Waals surface area contributed by atoms with Crippen molar-refractivity contribution in [1.82, 2.24) is 0 Å². The van der Waals surface area contributed by atoms with Crippen molar-refractivity contribution in [3.05, 3.63) is 46.8 Å². The quantitative estimate of drug-likeness (QED) is 0.599. The molecule has 0 N–H and O–H groups in total. The molecule has 1 aliphatic carbocycles. The molecule has 2 aromatic carbocycles. The van der Waals surface area contributed by atoms with E-state index >= 15 is 0 Å². The fraction of sp³-hybridized carbons (Fsp3) is 0.500. The highest BCUT2D eigenvalue weighted by Gasteiger charge is 2.21. The predicted octanol–water partition coefficient (Wildman–Crippen LogP) is 6.57.